The molecule has 0 aliphatic carbocycles. The average Bonchev–Trinajstić information content (AvgIpc) is 3.04. The SMILES string of the molecule is O=C(c1cccc(C(F)(F)F)c1)N1CC[C@H](c2ccccc2)C1. The lowest BCUT2D eigenvalue weighted by Gasteiger charge is -2.17. The molecule has 0 saturated carbocycles. The predicted molar refractivity (Wildman–Crippen MR) is 81.1 cm³/mol. The third-order valence-electron chi connectivity index (χ3n) is 4.18. The summed E-state index contributed by atoms with van der Waals surface area (Å²) in [7, 11) is 0. The molecule has 0 bridgehead atoms. The molecule has 2 aromatic carbocycles. The second kappa shape index (κ2) is 6.07. The van der Waals surface area contributed by atoms with Crippen molar-refractivity contribution in [1.29, 1.82) is 0 Å². The molecule has 1 fully saturated rings. The molecular formula is C18H16F3NO. The molecule has 1 aliphatic heterocycles. The van der Waals surface area contributed by atoms with Crippen LogP contribution in [-0.4, -0.2) is 23.9 Å². The third-order valence-corrected chi connectivity index (χ3v) is 4.18. The highest BCUT2D eigenvalue weighted by molar-refractivity contribution is 5.94. The minimum Gasteiger partial charge on any atom is -0.338 e. The lowest BCUT2D eigenvalue weighted by Crippen LogP contribution is -2.28. The molecule has 0 radical (unpaired) electrons. The van der Waals surface area contributed by atoms with Gasteiger partial charge in [-0.15, -0.1) is 0 Å². The van der Waals surface area contributed by atoms with Gasteiger partial charge >= 0.3 is 6.18 Å². The standard InChI is InChI=1S/C18H16F3NO/c19-18(20,21)16-8-4-7-14(11-16)17(23)22-10-9-15(12-22)13-5-2-1-3-6-13/h1-8,11,15H,9-10,12H2/t15-/m0/s1. The maximum atomic E-state index is 12.8. The second-order valence-corrected chi connectivity index (χ2v) is 5.73. The minimum atomic E-state index is -4.44. The van der Waals surface area contributed by atoms with Gasteiger partial charge in [0.15, 0.2) is 0 Å². The number of halogens is 3. The Labute approximate surface area is 132 Å². The number of rotatable bonds is 2. The number of likely N-dealkylation sites (tertiary alicyclic amines) is 1. The molecule has 3 rings (SSSR count). The van der Waals surface area contributed by atoms with Crippen LogP contribution < -0.4 is 0 Å². The number of hydrogen-bond donors (Lipinski definition) is 0. The Morgan fingerprint density at radius 3 is 2.48 bits per heavy atom. The van der Waals surface area contributed by atoms with E-state index in [1.54, 1.807) is 4.90 Å². The molecule has 23 heavy (non-hydrogen) atoms. The highest BCUT2D eigenvalue weighted by Gasteiger charge is 2.32. The van der Waals surface area contributed by atoms with Crippen molar-refractivity contribution in [2.24, 2.45) is 0 Å². The summed E-state index contributed by atoms with van der Waals surface area (Å²) < 4.78 is 38.3. The van der Waals surface area contributed by atoms with E-state index in [0.29, 0.717) is 13.1 Å². The number of amides is 1. The minimum absolute atomic E-state index is 0.0912. The van der Waals surface area contributed by atoms with Crippen molar-refractivity contribution in [2.75, 3.05) is 13.1 Å². The van der Waals surface area contributed by atoms with Gasteiger partial charge < -0.3 is 4.90 Å². The van der Waals surface area contributed by atoms with Gasteiger partial charge in [0.1, 0.15) is 0 Å². The fraction of sp³-hybridized carbons (Fsp3) is 0.278. The summed E-state index contributed by atoms with van der Waals surface area (Å²) in [6.07, 6.45) is -3.61. The molecule has 0 spiro atoms. The van der Waals surface area contributed by atoms with Crippen molar-refractivity contribution >= 4 is 5.91 Å². The summed E-state index contributed by atoms with van der Waals surface area (Å²) in [6, 6.07) is 14.5. The van der Waals surface area contributed by atoms with Gasteiger partial charge in [0.05, 0.1) is 5.56 Å². The first kappa shape index (κ1) is 15.6. The van der Waals surface area contributed by atoms with Crippen LogP contribution in [0.2, 0.25) is 0 Å². The molecule has 1 aliphatic rings. The van der Waals surface area contributed by atoms with Crippen molar-refractivity contribution in [3.8, 4) is 0 Å². The zero-order valence-electron chi connectivity index (χ0n) is 12.4. The quantitative estimate of drug-likeness (QED) is 0.806. The Hall–Kier alpha value is -2.30. The molecule has 1 saturated heterocycles. The number of alkyl halides is 3. The van der Waals surface area contributed by atoms with Crippen LogP contribution in [0.1, 0.15) is 33.8 Å². The number of hydrogen-bond acceptors (Lipinski definition) is 1. The second-order valence-electron chi connectivity index (χ2n) is 5.73. The van der Waals surface area contributed by atoms with Crippen LogP contribution in [0.25, 0.3) is 0 Å². The van der Waals surface area contributed by atoms with Crippen molar-refractivity contribution in [2.45, 2.75) is 18.5 Å². The number of carbonyl (C=O) groups excluding carboxylic acids is 1. The van der Waals surface area contributed by atoms with Gasteiger partial charge in [0, 0.05) is 24.6 Å². The van der Waals surface area contributed by atoms with Crippen LogP contribution >= 0.6 is 0 Å². The maximum Gasteiger partial charge on any atom is 0.416 e. The van der Waals surface area contributed by atoms with E-state index in [9.17, 15) is 18.0 Å². The lowest BCUT2D eigenvalue weighted by molar-refractivity contribution is -0.137. The fourth-order valence-corrected chi connectivity index (χ4v) is 2.95. The van der Waals surface area contributed by atoms with E-state index in [2.05, 4.69) is 0 Å². The Kier molecular flexibility index (Phi) is 4.11. The van der Waals surface area contributed by atoms with E-state index in [0.717, 1.165) is 24.1 Å². The van der Waals surface area contributed by atoms with Crippen LogP contribution in [-0.2, 0) is 6.18 Å². The molecule has 0 unspecified atom stereocenters. The zero-order chi connectivity index (χ0) is 16.4. The summed E-state index contributed by atoms with van der Waals surface area (Å²) in [5.74, 6) is -0.0968. The molecule has 5 heteroatoms. The van der Waals surface area contributed by atoms with E-state index < -0.39 is 11.7 Å². The van der Waals surface area contributed by atoms with Crippen LogP contribution in [0, 0.1) is 0 Å². The highest BCUT2D eigenvalue weighted by Crippen LogP contribution is 2.31. The zero-order valence-corrected chi connectivity index (χ0v) is 12.4. The molecule has 120 valence electrons. The third kappa shape index (κ3) is 3.38. The first-order valence-corrected chi connectivity index (χ1v) is 7.46. The topological polar surface area (TPSA) is 20.3 Å². The van der Waals surface area contributed by atoms with Crippen LogP contribution in [0.3, 0.4) is 0 Å². The summed E-state index contributed by atoms with van der Waals surface area (Å²) in [6.45, 7) is 1.10. The molecule has 0 N–H and O–H groups in total. The molecule has 2 aromatic rings. The molecule has 1 heterocycles. The van der Waals surface area contributed by atoms with Crippen molar-refractivity contribution in [1.82, 2.24) is 4.90 Å². The van der Waals surface area contributed by atoms with Gasteiger partial charge in [-0.3, -0.25) is 4.79 Å². The van der Waals surface area contributed by atoms with Gasteiger partial charge in [-0.25, -0.2) is 0 Å². The van der Waals surface area contributed by atoms with E-state index in [1.807, 2.05) is 30.3 Å². The first-order valence-electron chi connectivity index (χ1n) is 7.46. The fourth-order valence-electron chi connectivity index (χ4n) is 2.95. The van der Waals surface area contributed by atoms with Gasteiger partial charge in [-0.05, 0) is 30.2 Å². The van der Waals surface area contributed by atoms with Gasteiger partial charge in [0.2, 0.25) is 0 Å². The van der Waals surface area contributed by atoms with E-state index in [-0.39, 0.29) is 17.4 Å². The number of nitrogens with zero attached hydrogens (tertiary/aromatic N) is 1. The monoisotopic (exact) mass is 319 g/mol. The van der Waals surface area contributed by atoms with Crippen LogP contribution in [0.15, 0.2) is 54.6 Å². The van der Waals surface area contributed by atoms with Gasteiger partial charge in [-0.1, -0.05) is 36.4 Å². The van der Waals surface area contributed by atoms with E-state index in [1.165, 1.54) is 12.1 Å². The summed E-state index contributed by atoms with van der Waals surface area (Å²) in [4.78, 5) is 14.1. The number of carbonyl (C=O) groups is 1. The molecular weight excluding hydrogens is 303 g/mol. The highest BCUT2D eigenvalue weighted by atomic mass is 19.4. The smallest absolute Gasteiger partial charge is 0.338 e. The summed E-state index contributed by atoms with van der Waals surface area (Å²) in [5.41, 5.74) is 0.461. The molecule has 0 aromatic heterocycles. The Morgan fingerprint density at radius 1 is 1.04 bits per heavy atom. The largest absolute Gasteiger partial charge is 0.416 e. The van der Waals surface area contributed by atoms with Crippen molar-refractivity contribution in [3.63, 3.8) is 0 Å². The molecule has 2 nitrogen and oxygen atoms in total. The lowest BCUT2D eigenvalue weighted by atomic mass is 9.99. The Bertz CT molecular complexity index is 697. The van der Waals surface area contributed by atoms with E-state index >= 15 is 0 Å². The van der Waals surface area contributed by atoms with Gasteiger partial charge in [0.25, 0.3) is 5.91 Å². The van der Waals surface area contributed by atoms with Crippen LogP contribution in [0.5, 0.6) is 0 Å². The predicted octanol–water partition coefficient (Wildman–Crippen LogP) is 4.34. The van der Waals surface area contributed by atoms with Crippen LogP contribution in [0.4, 0.5) is 13.2 Å². The first-order chi connectivity index (χ1) is 10.9. The molecule has 1 amide bonds. The van der Waals surface area contributed by atoms with E-state index in [4.69, 9.17) is 0 Å². The molecule has 1 atom stereocenters. The van der Waals surface area contributed by atoms with Gasteiger partial charge in [-0.2, -0.15) is 13.2 Å². The number of benzene rings is 2. The van der Waals surface area contributed by atoms with Crippen molar-refractivity contribution < 1.29 is 18.0 Å². The normalized spacial score (nSPS) is 18.2. The Morgan fingerprint density at radius 2 is 1.78 bits per heavy atom. The maximum absolute atomic E-state index is 12.8. The van der Waals surface area contributed by atoms with Crippen molar-refractivity contribution in [3.05, 3.63) is 71.3 Å². The average molecular weight is 319 g/mol. The summed E-state index contributed by atoms with van der Waals surface area (Å²) >= 11 is 0. The Balaban J connectivity index is 1.75. The summed E-state index contributed by atoms with van der Waals surface area (Å²) in [5, 5.41) is 0.